The second kappa shape index (κ2) is 8.11. The summed E-state index contributed by atoms with van der Waals surface area (Å²) in [6.45, 7) is 6.45. The van der Waals surface area contributed by atoms with Crippen molar-refractivity contribution in [1.29, 1.82) is 0 Å². The number of carbonyl (C=O) groups is 2. The van der Waals surface area contributed by atoms with Crippen LogP contribution in [-0.4, -0.2) is 45.1 Å². The Morgan fingerprint density at radius 3 is 2.76 bits per heavy atom. The van der Waals surface area contributed by atoms with E-state index in [1.54, 1.807) is 24.0 Å². The molecule has 0 bridgehead atoms. The summed E-state index contributed by atoms with van der Waals surface area (Å²) in [5.74, 6) is -0.498. The van der Waals surface area contributed by atoms with Crippen LogP contribution in [0.25, 0.3) is 0 Å². The Bertz CT molecular complexity index is 735. The third kappa shape index (κ3) is 4.36. The van der Waals surface area contributed by atoms with Gasteiger partial charge in [0.15, 0.2) is 5.17 Å². The van der Waals surface area contributed by atoms with Crippen LogP contribution in [0.4, 0.5) is 11.4 Å². The van der Waals surface area contributed by atoms with Gasteiger partial charge in [0.05, 0.1) is 4.92 Å². The van der Waals surface area contributed by atoms with E-state index in [4.69, 9.17) is 0 Å². The van der Waals surface area contributed by atoms with Crippen molar-refractivity contribution in [3.05, 3.63) is 33.9 Å². The third-order valence-electron chi connectivity index (χ3n) is 3.69. The third-order valence-corrected chi connectivity index (χ3v) is 4.90. The van der Waals surface area contributed by atoms with Crippen molar-refractivity contribution < 1.29 is 14.5 Å². The van der Waals surface area contributed by atoms with E-state index in [1.807, 2.05) is 13.8 Å². The molecule has 0 aliphatic carbocycles. The van der Waals surface area contributed by atoms with E-state index in [9.17, 15) is 19.7 Å². The maximum absolute atomic E-state index is 12.4. The number of amidine groups is 1. The minimum Gasteiger partial charge on any atom is -0.326 e. The van der Waals surface area contributed by atoms with Crippen LogP contribution in [0.5, 0.6) is 0 Å². The quantitative estimate of drug-likeness (QED) is 0.617. The number of amides is 2. The summed E-state index contributed by atoms with van der Waals surface area (Å²) in [6.07, 6.45) is -0.00952. The average Bonchev–Trinajstić information content (AvgIpc) is 2.84. The number of benzene rings is 1. The molecular formula is C16H20N4O4S. The molecule has 1 atom stereocenters. The fraction of sp³-hybridized carbons (Fsp3) is 0.438. The minimum absolute atomic E-state index is 0.00952. The Labute approximate surface area is 149 Å². The second-order valence-corrected chi connectivity index (χ2v) is 6.63. The van der Waals surface area contributed by atoms with E-state index in [0.29, 0.717) is 29.5 Å². The van der Waals surface area contributed by atoms with Crippen molar-refractivity contribution in [1.82, 2.24) is 4.90 Å². The molecule has 1 aromatic rings. The van der Waals surface area contributed by atoms with E-state index >= 15 is 0 Å². The molecule has 1 aromatic carbocycles. The number of hydrogen-bond acceptors (Lipinski definition) is 6. The predicted molar refractivity (Wildman–Crippen MR) is 97.8 cm³/mol. The van der Waals surface area contributed by atoms with Crippen LogP contribution in [0.15, 0.2) is 23.2 Å². The normalized spacial score (nSPS) is 18.7. The maximum Gasteiger partial charge on any atom is 0.274 e. The van der Waals surface area contributed by atoms with Crippen molar-refractivity contribution in [3.63, 3.8) is 0 Å². The van der Waals surface area contributed by atoms with Gasteiger partial charge in [0, 0.05) is 36.8 Å². The number of nitro groups is 1. The molecule has 1 fully saturated rings. The number of nitrogens with one attached hydrogen (secondary N) is 1. The molecular weight excluding hydrogens is 344 g/mol. The number of aryl methyl sites for hydroxylation is 1. The van der Waals surface area contributed by atoms with Gasteiger partial charge >= 0.3 is 0 Å². The molecule has 2 amide bonds. The lowest BCUT2D eigenvalue weighted by atomic mass is 10.2. The monoisotopic (exact) mass is 364 g/mol. The van der Waals surface area contributed by atoms with Crippen LogP contribution < -0.4 is 5.32 Å². The highest BCUT2D eigenvalue weighted by molar-refractivity contribution is 8.15. The summed E-state index contributed by atoms with van der Waals surface area (Å²) in [4.78, 5) is 40.9. The van der Waals surface area contributed by atoms with Gasteiger partial charge in [-0.3, -0.25) is 29.6 Å². The van der Waals surface area contributed by atoms with Crippen molar-refractivity contribution >= 4 is 40.1 Å². The Morgan fingerprint density at radius 1 is 1.44 bits per heavy atom. The van der Waals surface area contributed by atoms with Crippen LogP contribution in [-0.2, 0) is 9.59 Å². The Kier molecular flexibility index (Phi) is 6.13. The van der Waals surface area contributed by atoms with Crippen molar-refractivity contribution in [2.45, 2.75) is 32.4 Å². The summed E-state index contributed by atoms with van der Waals surface area (Å²) in [7, 11) is 0. The van der Waals surface area contributed by atoms with Crippen LogP contribution in [0.3, 0.4) is 0 Å². The molecule has 25 heavy (non-hydrogen) atoms. The van der Waals surface area contributed by atoms with E-state index in [0.717, 1.165) is 0 Å². The van der Waals surface area contributed by atoms with Crippen LogP contribution in [0.1, 0.15) is 25.8 Å². The number of carbonyl (C=O) groups excluding carboxylic acids is 2. The molecule has 8 nitrogen and oxygen atoms in total. The van der Waals surface area contributed by atoms with Gasteiger partial charge < -0.3 is 5.32 Å². The molecule has 1 heterocycles. The first kappa shape index (κ1) is 18.9. The van der Waals surface area contributed by atoms with E-state index in [-0.39, 0.29) is 23.9 Å². The summed E-state index contributed by atoms with van der Waals surface area (Å²) in [5, 5.41) is 13.7. The van der Waals surface area contributed by atoms with Crippen molar-refractivity contribution in [2.24, 2.45) is 4.99 Å². The van der Waals surface area contributed by atoms with E-state index in [2.05, 4.69) is 10.3 Å². The lowest BCUT2D eigenvalue weighted by molar-refractivity contribution is -0.385. The average molecular weight is 364 g/mol. The summed E-state index contributed by atoms with van der Waals surface area (Å²) >= 11 is 1.28. The van der Waals surface area contributed by atoms with Gasteiger partial charge in [0.1, 0.15) is 5.25 Å². The number of hydrogen-bond donors (Lipinski definition) is 1. The zero-order chi connectivity index (χ0) is 18.6. The summed E-state index contributed by atoms with van der Waals surface area (Å²) in [5.41, 5.74) is 0.801. The van der Waals surface area contributed by atoms with Crippen molar-refractivity contribution in [3.8, 4) is 0 Å². The Balaban J connectivity index is 2.06. The number of nitro benzene ring substituents is 1. The van der Waals surface area contributed by atoms with Gasteiger partial charge in [0.2, 0.25) is 11.8 Å². The largest absolute Gasteiger partial charge is 0.326 e. The zero-order valence-electron chi connectivity index (χ0n) is 14.3. The van der Waals surface area contributed by atoms with Gasteiger partial charge in [0.25, 0.3) is 5.69 Å². The predicted octanol–water partition coefficient (Wildman–Crippen LogP) is 2.57. The van der Waals surface area contributed by atoms with E-state index < -0.39 is 10.2 Å². The van der Waals surface area contributed by atoms with Crippen LogP contribution >= 0.6 is 11.8 Å². The Hall–Kier alpha value is -2.42. The Morgan fingerprint density at radius 2 is 2.16 bits per heavy atom. The van der Waals surface area contributed by atoms with Gasteiger partial charge in [-0.1, -0.05) is 17.8 Å². The van der Waals surface area contributed by atoms with Gasteiger partial charge in [-0.05, 0) is 26.8 Å². The molecule has 134 valence electrons. The number of rotatable bonds is 6. The lowest BCUT2D eigenvalue weighted by Crippen LogP contribution is -2.33. The molecule has 0 aromatic heterocycles. The molecule has 1 aliphatic rings. The first-order valence-electron chi connectivity index (χ1n) is 7.94. The van der Waals surface area contributed by atoms with Crippen LogP contribution in [0.2, 0.25) is 0 Å². The fourth-order valence-corrected chi connectivity index (χ4v) is 3.72. The molecule has 0 saturated carbocycles. The van der Waals surface area contributed by atoms with Gasteiger partial charge in [-0.2, -0.15) is 0 Å². The van der Waals surface area contributed by atoms with Gasteiger partial charge in [-0.25, -0.2) is 0 Å². The minimum atomic E-state index is -0.523. The van der Waals surface area contributed by atoms with E-state index in [1.165, 1.54) is 17.8 Å². The molecule has 1 aliphatic heterocycles. The van der Waals surface area contributed by atoms with Gasteiger partial charge in [-0.15, -0.1) is 0 Å². The maximum atomic E-state index is 12.4. The summed E-state index contributed by atoms with van der Waals surface area (Å²) < 4.78 is 0. The van der Waals surface area contributed by atoms with Crippen molar-refractivity contribution in [2.75, 3.05) is 18.4 Å². The number of thioether (sulfide) groups is 1. The topological polar surface area (TPSA) is 105 Å². The highest BCUT2D eigenvalue weighted by atomic mass is 32.2. The first-order valence-corrected chi connectivity index (χ1v) is 8.82. The SMILES string of the molecule is CCN=C1SC(CC(=O)Nc2ccc(C)c([N+](=O)[O-])c2)C(=O)N1CC. The summed E-state index contributed by atoms with van der Waals surface area (Å²) in [6, 6.07) is 4.50. The standard InChI is InChI=1S/C16H20N4O4S/c1-4-17-16-19(5-2)15(22)13(25-16)9-14(21)18-11-7-6-10(3)12(8-11)20(23)24/h6-8,13H,4-5,9H2,1-3H3,(H,18,21). The molecule has 2 rings (SSSR count). The molecule has 1 saturated heterocycles. The molecule has 9 heteroatoms. The second-order valence-electron chi connectivity index (χ2n) is 5.46. The molecule has 1 N–H and O–H groups in total. The first-order chi connectivity index (χ1) is 11.9. The molecule has 0 radical (unpaired) electrons. The lowest BCUT2D eigenvalue weighted by Gasteiger charge is -2.13. The highest BCUT2D eigenvalue weighted by Crippen LogP contribution is 2.30. The van der Waals surface area contributed by atoms with Crippen LogP contribution in [0, 0.1) is 17.0 Å². The number of anilines is 1. The fourth-order valence-electron chi connectivity index (χ4n) is 2.45. The highest BCUT2D eigenvalue weighted by Gasteiger charge is 2.38. The molecule has 0 spiro atoms. The zero-order valence-corrected chi connectivity index (χ0v) is 15.1. The molecule has 1 unspecified atom stereocenters. The number of nitrogens with zero attached hydrogens (tertiary/aromatic N) is 3. The number of aliphatic imine (C=N–C) groups is 1. The smallest absolute Gasteiger partial charge is 0.274 e.